The Balaban J connectivity index is 1.81. The van der Waals surface area contributed by atoms with Crippen molar-refractivity contribution in [3.05, 3.63) is 35.4 Å². The second kappa shape index (κ2) is 9.83. The number of nitrogens with one attached hydrogen (secondary N) is 1. The molecule has 1 aromatic rings. The number of carbonyl (C=O) groups excluding carboxylic acids is 1. The molecule has 1 fully saturated rings. The second-order valence-electron chi connectivity index (χ2n) is 7.24. The Hall–Kier alpha value is -1.35. The fourth-order valence-electron chi connectivity index (χ4n) is 3.81. The van der Waals surface area contributed by atoms with E-state index in [2.05, 4.69) is 36.5 Å². The molecule has 0 atom stereocenters. The van der Waals surface area contributed by atoms with Crippen molar-refractivity contribution < 1.29 is 4.79 Å². The molecular weight excluding hydrogens is 296 g/mol. The van der Waals surface area contributed by atoms with Gasteiger partial charge in [-0.3, -0.25) is 4.79 Å². The van der Waals surface area contributed by atoms with Crippen molar-refractivity contribution in [2.75, 3.05) is 14.1 Å². The standard InChI is InChI=1S/C21H34N2O/c1-4-5-6-7-21(24)23(3)20-14-12-19(13-15-20)18-10-8-17(9-11-18)16-22-2/h8-11,19-20,22H,4-7,12-16H2,1-3H3/t19-,20-. The van der Waals surface area contributed by atoms with E-state index in [1.165, 1.54) is 30.4 Å². The molecule has 1 N–H and O–H groups in total. The van der Waals surface area contributed by atoms with Crippen molar-refractivity contribution in [1.82, 2.24) is 10.2 Å². The molecular formula is C21H34N2O. The molecule has 0 heterocycles. The first-order valence-corrected chi connectivity index (χ1v) is 9.64. The molecule has 134 valence electrons. The molecule has 0 unspecified atom stereocenters. The largest absolute Gasteiger partial charge is 0.343 e. The van der Waals surface area contributed by atoms with Crippen LogP contribution in [-0.4, -0.2) is 30.9 Å². The van der Waals surface area contributed by atoms with Crippen molar-refractivity contribution in [3.63, 3.8) is 0 Å². The van der Waals surface area contributed by atoms with Crippen LogP contribution in [0.5, 0.6) is 0 Å². The van der Waals surface area contributed by atoms with Gasteiger partial charge < -0.3 is 10.2 Å². The molecule has 0 bridgehead atoms. The molecule has 1 amide bonds. The molecule has 0 spiro atoms. The third kappa shape index (κ3) is 5.34. The summed E-state index contributed by atoms with van der Waals surface area (Å²) in [6, 6.07) is 9.50. The molecule has 0 aromatic heterocycles. The quantitative estimate of drug-likeness (QED) is 0.713. The average molecular weight is 331 g/mol. The molecule has 1 aliphatic rings. The van der Waals surface area contributed by atoms with Crippen molar-refractivity contribution in [2.24, 2.45) is 0 Å². The highest BCUT2D eigenvalue weighted by Gasteiger charge is 2.26. The molecule has 2 rings (SSSR count). The zero-order chi connectivity index (χ0) is 17.4. The summed E-state index contributed by atoms with van der Waals surface area (Å²) in [6.07, 6.45) is 8.76. The highest BCUT2D eigenvalue weighted by Crippen LogP contribution is 2.34. The van der Waals surface area contributed by atoms with E-state index in [1.807, 2.05) is 19.0 Å². The first-order valence-electron chi connectivity index (χ1n) is 9.64. The average Bonchev–Trinajstić information content (AvgIpc) is 2.62. The number of rotatable bonds is 8. The molecule has 1 saturated carbocycles. The minimum atomic E-state index is 0.336. The molecule has 24 heavy (non-hydrogen) atoms. The predicted octanol–water partition coefficient (Wildman–Crippen LogP) is 4.47. The SMILES string of the molecule is CCCCCC(=O)N(C)[C@H]1CC[C@H](c2ccc(CNC)cc2)CC1. The maximum Gasteiger partial charge on any atom is 0.222 e. The van der Waals surface area contributed by atoms with Gasteiger partial charge in [-0.1, -0.05) is 44.0 Å². The van der Waals surface area contributed by atoms with Crippen molar-refractivity contribution in [1.29, 1.82) is 0 Å². The van der Waals surface area contributed by atoms with Crippen LogP contribution < -0.4 is 5.32 Å². The van der Waals surface area contributed by atoms with E-state index in [-0.39, 0.29) is 0 Å². The summed E-state index contributed by atoms with van der Waals surface area (Å²) in [4.78, 5) is 14.3. The molecule has 3 heteroatoms. The third-order valence-corrected chi connectivity index (χ3v) is 5.46. The van der Waals surface area contributed by atoms with Gasteiger partial charge in [-0.05, 0) is 56.2 Å². The van der Waals surface area contributed by atoms with E-state index in [4.69, 9.17) is 0 Å². The zero-order valence-corrected chi connectivity index (χ0v) is 15.7. The van der Waals surface area contributed by atoms with Crippen molar-refractivity contribution >= 4 is 5.91 Å². The first-order chi connectivity index (χ1) is 11.7. The number of hydrogen-bond donors (Lipinski definition) is 1. The number of benzene rings is 1. The monoisotopic (exact) mass is 330 g/mol. The summed E-state index contributed by atoms with van der Waals surface area (Å²) < 4.78 is 0. The van der Waals surface area contributed by atoms with E-state index in [0.717, 1.165) is 38.6 Å². The van der Waals surface area contributed by atoms with Gasteiger partial charge in [-0.15, -0.1) is 0 Å². The molecule has 1 aliphatic carbocycles. The number of carbonyl (C=O) groups is 1. The maximum absolute atomic E-state index is 12.3. The summed E-state index contributed by atoms with van der Waals surface area (Å²) in [5.41, 5.74) is 2.80. The van der Waals surface area contributed by atoms with Gasteiger partial charge in [0, 0.05) is 26.1 Å². The Morgan fingerprint density at radius 1 is 1.12 bits per heavy atom. The van der Waals surface area contributed by atoms with Crippen LogP contribution in [0.4, 0.5) is 0 Å². The van der Waals surface area contributed by atoms with Gasteiger partial charge in [0.1, 0.15) is 0 Å². The Kier molecular flexibility index (Phi) is 7.77. The molecule has 3 nitrogen and oxygen atoms in total. The van der Waals surface area contributed by atoms with Gasteiger partial charge in [-0.25, -0.2) is 0 Å². The summed E-state index contributed by atoms with van der Waals surface area (Å²) in [5.74, 6) is 0.997. The summed E-state index contributed by atoms with van der Waals surface area (Å²) in [7, 11) is 3.99. The highest BCUT2D eigenvalue weighted by molar-refractivity contribution is 5.76. The Bertz CT molecular complexity index is 489. The van der Waals surface area contributed by atoms with Crippen LogP contribution in [-0.2, 0) is 11.3 Å². The minimum absolute atomic E-state index is 0.336. The van der Waals surface area contributed by atoms with Crippen LogP contribution in [0.15, 0.2) is 24.3 Å². The predicted molar refractivity (Wildman–Crippen MR) is 101 cm³/mol. The Labute approximate surface area is 147 Å². The number of unbranched alkanes of at least 4 members (excludes halogenated alkanes) is 2. The number of amides is 1. The fraction of sp³-hybridized carbons (Fsp3) is 0.667. The highest BCUT2D eigenvalue weighted by atomic mass is 16.2. The van der Waals surface area contributed by atoms with Crippen LogP contribution in [0.3, 0.4) is 0 Å². The lowest BCUT2D eigenvalue weighted by Gasteiger charge is -2.35. The molecule has 1 aromatic carbocycles. The first kappa shape index (κ1) is 19.0. The van der Waals surface area contributed by atoms with Crippen LogP contribution in [0.25, 0.3) is 0 Å². The lowest BCUT2D eigenvalue weighted by molar-refractivity contribution is -0.132. The minimum Gasteiger partial charge on any atom is -0.343 e. The third-order valence-electron chi connectivity index (χ3n) is 5.46. The lowest BCUT2D eigenvalue weighted by Crippen LogP contribution is -2.39. The van der Waals surface area contributed by atoms with E-state index in [1.54, 1.807) is 0 Å². The van der Waals surface area contributed by atoms with Crippen molar-refractivity contribution in [3.8, 4) is 0 Å². The van der Waals surface area contributed by atoms with Crippen LogP contribution in [0.1, 0.15) is 75.3 Å². The Morgan fingerprint density at radius 2 is 1.79 bits per heavy atom. The summed E-state index contributed by atoms with van der Waals surface area (Å²) >= 11 is 0. The molecule has 0 aliphatic heterocycles. The van der Waals surface area contributed by atoms with Gasteiger partial charge >= 0.3 is 0 Å². The van der Waals surface area contributed by atoms with Crippen LogP contribution in [0, 0.1) is 0 Å². The molecule has 0 saturated heterocycles. The van der Waals surface area contributed by atoms with E-state index in [0.29, 0.717) is 17.9 Å². The van der Waals surface area contributed by atoms with Gasteiger partial charge in [0.05, 0.1) is 0 Å². The second-order valence-corrected chi connectivity index (χ2v) is 7.24. The van der Waals surface area contributed by atoms with Crippen LogP contribution >= 0.6 is 0 Å². The Morgan fingerprint density at radius 3 is 2.38 bits per heavy atom. The zero-order valence-electron chi connectivity index (χ0n) is 15.7. The fourth-order valence-corrected chi connectivity index (χ4v) is 3.81. The summed E-state index contributed by atoms with van der Waals surface area (Å²) in [6.45, 7) is 3.11. The van der Waals surface area contributed by atoms with Gasteiger partial charge in [-0.2, -0.15) is 0 Å². The van der Waals surface area contributed by atoms with Gasteiger partial charge in [0.25, 0.3) is 0 Å². The van der Waals surface area contributed by atoms with Gasteiger partial charge in [0.15, 0.2) is 0 Å². The summed E-state index contributed by atoms with van der Waals surface area (Å²) in [5, 5.41) is 3.19. The number of hydrogen-bond acceptors (Lipinski definition) is 2. The van der Waals surface area contributed by atoms with Crippen LogP contribution in [0.2, 0.25) is 0 Å². The maximum atomic E-state index is 12.3. The lowest BCUT2D eigenvalue weighted by atomic mass is 9.81. The normalized spacial score (nSPS) is 20.8. The molecule has 0 radical (unpaired) electrons. The van der Waals surface area contributed by atoms with E-state index < -0.39 is 0 Å². The number of nitrogens with zero attached hydrogens (tertiary/aromatic N) is 1. The van der Waals surface area contributed by atoms with E-state index >= 15 is 0 Å². The smallest absolute Gasteiger partial charge is 0.222 e. The van der Waals surface area contributed by atoms with Gasteiger partial charge in [0.2, 0.25) is 5.91 Å². The van der Waals surface area contributed by atoms with Crippen molar-refractivity contribution in [2.45, 2.75) is 76.8 Å². The van der Waals surface area contributed by atoms with E-state index in [9.17, 15) is 4.79 Å². The topological polar surface area (TPSA) is 32.3 Å².